The topological polar surface area (TPSA) is 66.5 Å². The summed E-state index contributed by atoms with van der Waals surface area (Å²) in [4.78, 5) is 12.6. The van der Waals surface area contributed by atoms with Crippen LogP contribution in [0, 0.1) is 0 Å². The average Bonchev–Trinajstić information content (AvgIpc) is 3.04. The van der Waals surface area contributed by atoms with E-state index in [2.05, 4.69) is 17.4 Å². The molecule has 0 unspecified atom stereocenters. The van der Waals surface area contributed by atoms with Gasteiger partial charge in [-0.1, -0.05) is 41.9 Å². The number of nitrogens with one attached hydrogen (secondary N) is 1. The zero-order valence-corrected chi connectivity index (χ0v) is 17.3. The Morgan fingerprint density at radius 1 is 1.00 bits per heavy atom. The van der Waals surface area contributed by atoms with Crippen LogP contribution in [-0.4, -0.2) is 27.1 Å². The maximum Gasteiger partial charge on any atom is 0.245 e. The third-order valence-electron chi connectivity index (χ3n) is 4.88. The van der Waals surface area contributed by atoms with Crippen LogP contribution in [0.25, 0.3) is 11.1 Å². The summed E-state index contributed by atoms with van der Waals surface area (Å²) in [7, 11) is -3.63. The minimum atomic E-state index is -3.63. The summed E-state index contributed by atoms with van der Waals surface area (Å²) in [5, 5.41) is 3.30. The Morgan fingerprint density at radius 3 is 2.41 bits per heavy atom. The number of nitrogens with zero attached hydrogens (tertiary/aromatic N) is 1. The largest absolute Gasteiger partial charge is 0.325 e. The fourth-order valence-electron chi connectivity index (χ4n) is 3.56. The molecular weight excluding hydrogens is 408 g/mol. The van der Waals surface area contributed by atoms with E-state index < -0.39 is 15.9 Å². The first-order chi connectivity index (χ1) is 13.8. The summed E-state index contributed by atoms with van der Waals surface area (Å²) in [5.74, 6) is -0.416. The van der Waals surface area contributed by atoms with E-state index in [0.29, 0.717) is 16.4 Å². The van der Waals surface area contributed by atoms with E-state index >= 15 is 0 Å². The van der Waals surface area contributed by atoms with Crippen molar-refractivity contribution in [3.63, 3.8) is 0 Å². The number of hydrogen-bond donors (Lipinski definition) is 1. The molecular formula is C22H19ClN2O3S. The van der Waals surface area contributed by atoms with Gasteiger partial charge in [0.2, 0.25) is 15.9 Å². The molecule has 0 spiro atoms. The van der Waals surface area contributed by atoms with Gasteiger partial charge >= 0.3 is 0 Å². The molecule has 148 valence electrons. The molecule has 0 atom stereocenters. The van der Waals surface area contributed by atoms with Crippen LogP contribution >= 0.6 is 11.6 Å². The van der Waals surface area contributed by atoms with Gasteiger partial charge in [-0.3, -0.25) is 9.10 Å². The Bertz CT molecular complexity index is 1190. The lowest BCUT2D eigenvalue weighted by Crippen LogP contribution is -2.37. The molecule has 0 bridgehead atoms. The maximum atomic E-state index is 12.6. The molecule has 0 radical (unpaired) electrons. The number of halogens is 1. The first kappa shape index (κ1) is 19.5. The summed E-state index contributed by atoms with van der Waals surface area (Å²) in [5.41, 5.74) is 5.81. The Balaban J connectivity index is 1.52. The highest BCUT2D eigenvalue weighted by Gasteiger charge is 2.22. The molecule has 29 heavy (non-hydrogen) atoms. The second-order valence-corrected chi connectivity index (χ2v) is 9.34. The molecule has 7 heteroatoms. The van der Waals surface area contributed by atoms with Gasteiger partial charge in [0.25, 0.3) is 0 Å². The van der Waals surface area contributed by atoms with Gasteiger partial charge in [0.1, 0.15) is 6.54 Å². The molecule has 1 aliphatic carbocycles. The minimum absolute atomic E-state index is 0.322. The third kappa shape index (κ3) is 4.13. The average molecular weight is 427 g/mol. The van der Waals surface area contributed by atoms with Crippen molar-refractivity contribution in [1.29, 1.82) is 0 Å². The molecule has 1 N–H and O–H groups in total. The van der Waals surface area contributed by atoms with E-state index in [9.17, 15) is 13.2 Å². The molecule has 0 aliphatic heterocycles. The Morgan fingerprint density at radius 2 is 1.69 bits per heavy atom. The summed E-state index contributed by atoms with van der Waals surface area (Å²) in [6.45, 7) is -0.322. The highest BCUT2D eigenvalue weighted by atomic mass is 35.5. The number of carbonyl (C=O) groups is 1. The lowest BCUT2D eigenvalue weighted by Gasteiger charge is -2.22. The van der Waals surface area contributed by atoms with Crippen molar-refractivity contribution in [2.45, 2.75) is 6.42 Å². The standard InChI is InChI=1S/C22H19ClN2O3S/c1-29(27,28)25(19-9-6-17(23)7-10-19)14-22(26)24-18-8-11-21-16(13-18)12-15-4-2-3-5-20(15)21/h2-11,13H,12,14H2,1H3,(H,24,26). The Labute approximate surface area is 175 Å². The minimum Gasteiger partial charge on any atom is -0.325 e. The number of sulfonamides is 1. The van der Waals surface area contributed by atoms with Crippen molar-refractivity contribution in [3.05, 3.63) is 82.9 Å². The lowest BCUT2D eigenvalue weighted by atomic mass is 10.1. The second-order valence-electron chi connectivity index (χ2n) is 7.00. The van der Waals surface area contributed by atoms with Crippen LogP contribution in [0.3, 0.4) is 0 Å². The molecule has 3 aromatic rings. The predicted molar refractivity (Wildman–Crippen MR) is 117 cm³/mol. The van der Waals surface area contributed by atoms with E-state index in [1.807, 2.05) is 30.3 Å². The van der Waals surface area contributed by atoms with Gasteiger partial charge in [-0.25, -0.2) is 8.42 Å². The van der Waals surface area contributed by atoms with Crippen molar-refractivity contribution in [1.82, 2.24) is 0 Å². The number of hydrogen-bond acceptors (Lipinski definition) is 3. The molecule has 0 saturated carbocycles. The van der Waals surface area contributed by atoms with Gasteiger partial charge in [-0.15, -0.1) is 0 Å². The molecule has 3 aromatic carbocycles. The number of carbonyl (C=O) groups excluding carboxylic acids is 1. The highest BCUT2D eigenvalue weighted by molar-refractivity contribution is 7.92. The number of anilines is 2. The number of fused-ring (bicyclic) bond motifs is 3. The van der Waals surface area contributed by atoms with Gasteiger partial charge in [-0.05, 0) is 65.1 Å². The van der Waals surface area contributed by atoms with Crippen LogP contribution in [0.2, 0.25) is 5.02 Å². The predicted octanol–water partition coefficient (Wildman–Crippen LogP) is 4.32. The molecule has 0 aromatic heterocycles. The van der Waals surface area contributed by atoms with Crippen LogP contribution in [0.4, 0.5) is 11.4 Å². The van der Waals surface area contributed by atoms with Crippen molar-refractivity contribution in [3.8, 4) is 11.1 Å². The molecule has 0 heterocycles. The fourth-order valence-corrected chi connectivity index (χ4v) is 4.54. The van der Waals surface area contributed by atoms with Crippen LogP contribution < -0.4 is 9.62 Å². The zero-order chi connectivity index (χ0) is 20.6. The molecule has 0 fully saturated rings. The highest BCUT2D eigenvalue weighted by Crippen LogP contribution is 2.37. The molecule has 4 rings (SSSR count). The maximum absolute atomic E-state index is 12.6. The quantitative estimate of drug-likeness (QED) is 0.517. The molecule has 0 saturated heterocycles. The number of amides is 1. The summed E-state index contributed by atoms with van der Waals surface area (Å²) < 4.78 is 25.5. The van der Waals surface area contributed by atoms with Crippen molar-refractivity contribution in [2.24, 2.45) is 0 Å². The van der Waals surface area contributed by atoms with Crippen LogP contribution in [-0.2, 0) is 21.2 Å². The fraction of sp³-hybridized carbons (Fsp3) is 0.136. The van der Waals surface area contributed by atoms with Crippen LogP contribution in [0.15, 0.2) is 66.7 Å². The van der Waals surface area contributed by atoms with Gasteiger partial charge in [0, 0.05) is 10.7 Å². The third-order valence-corrected chi connectivity index (χ3v) is 6.27. The van der Waals surface area contributed by atoms with Crippen LogP contribution in [0.5, 0.6) is 0 Å². The van der Waals surface area contributed by atoms with Crippen molar-refractivity contribution in [2.75, 3.05) is 22.4 Å². The molecule has 1 aliphatic rings. The normalized spacial score (nSPS) is 12.2. The van der Waals surface area contributed by atoms with Crippen molar-refractivity contribution >= 4 is 38.9 Å². The summed E-state index contributed by atoms with van der Waals surface area (Å²) in [6.07, 6.45) is 1.89. The Hall–Kier alpha value is -2.83. The second kappa shape index (κ2) is 7.54. The summed E-state index contributed by atoms with van der Waals surface area (Å²) >= 11 is 5.88. The smallest absolute Gasteiger partial charge is 0.245 e. The van der Waals surface area contributed by atoms with E-state index in [1.54, 1.807) is 24.3 Å². The first-order valence-electron chi connectivity index (χ1n) is 9.05. The van der Waals surface area contributed by atoms with E-state index in [4.69, 9.17) is 11.6 Å². The van der Waals surface area contributed by atoms with E-state index in [1.165, 1.54) is 11.1 Å². The number of benzene rings is 3. The van der Waals surface area contributed by atoms with Gasteiger partial charge in [0.15, 0.2) is 0 Å². The van der Waals surface area contributed by atoms with E-state index in [-0.39, 0.29) is 6.54 Å². The Kier molecular flexibility index (Phi) is 5.06. The zero-order valence-electron chi connectivity index (χ0n) is 15.7. The van der Waals surface area contributed by atoms with Gasteiger partial charge in [-0.2, -0.15) is 0 Å². The summed E-state index contributed by atoms with van der Waals surface area (Å²) in [6, 6.07) is 20.3. The SMILES string of the molecule is CS(=O)(=O)N(CC(=O)Nc1ccc2c(c1)Cc1ccccc1-2)c1ccc(Cl)cc1. The lowest BCUT2D eigenvalue weighted by molar-refractivity contribution is -0.114. The van der Waals surface area contributed by atoms with Gasteiger partial charge in [0.05, 0.1) is 11.9 Å². The monoisotopic (exact) mass is 426 g/mol. The van der Waals surface area contributed by atoms with Crippen molar-refractivity contribution < 1.29 is 13.2 Å². The van der Waals surface area contributed by atoms with Crippen LogP contribution in [0.1, 0.15) is 11.1 Å². The first-order valence-corrected chi connectivity index (χ1v) is 11.3. The molecule has 5 nitrogen and oxygen atoms in total. The molecule has 1 amide bonds. The van der Waals surface area contributed by atoms with E-state index in [0.717, 1.165) is 28.1 Å². The van der Waals surface area contributed by atoms with Gasteiger partial charge < -0.3 is 5.32 Å². The number of rotatable bonds is 5.